The monoisotopic (exact) mass is 399 g/mol. The Labute approximate surface area is 160 Å². The zero-order valence-electron chi connectivity index (χ0n) is 14.9. The summed E-state index contributed by atoms with van der Waals surface area (Å²) in [5.74, 6) is -0.677. The number of hydrazone groups is 1. The molecule has 2 N–H and O–H groups in total. The summed E-state index contributed by atoms with van der Waals surface area (Å²) in [6.45, 7) is 1.04. The Morgan fingerprint density at radius 1 is 1.07 bits per heavy atom. The van der Waals surface area contributed by atoms with E-state index in [-0.39, 0.29) is 16.2 Å². The van der Waals surface area contributed by atoms with Gasteiger partial charge < -0.3 is 4.42 Å². The van der Waals surface area contributed by atoms with Crippen molar-refractivity contribution in [3.05, 3.63) is 76.6 Å². The zero-order chi connectivity index (χ0) is 20.1. The van der Waals surface area contributed by atoms with Gasteiger partial charge in [-0.2, -0.15) is 5.10 Å². The molecule has 0 bridgehead atoms. The van der Waals surface area contributed by atoms with Crippen molar-refractivity contribution in [3.8, 4) is 0 Å². The van der Waals surface area contributed by atoms with Crippen molar-refractivity contribution in [3.63, 3.8) is 0 Å². The number of carbonyl (C=O) groups is 1. The van der Waals surface area contributed by atoms with Gasteiger partial charge in [0.1, 0.15) is 5.58 Å². The number of carbonyl (C=O) groups excluding carboxylic acids is 1. The normalized spacial score (nSPS) is 12.1. The lowest BCUT2D eigenvalue weighted by molar-refractivity contribution is -0.119. The van der Waals surface area contributed by atoms with Crippen molar-refractivity contribution in [2.45, 2.75) is 11.8 Å². The number of para-hydroxylation sites is 1. The number of hydrogen-bond acceptors (Lipinski definition) is 6. The second-order valence-electron chi connectivity index (χ2n) is 5.86. The highest BCUT2D eigenvalue weighted by Crippen LogP contribution is 2.13. The second kappa shape index (κ2) is 8.15. The zero-order valence-corrected chi connectivity index (χ0v) is 15.7. The summed E-state index contributed by atoms with van der Waals surface area (Å²) in [6, 6.07) is 16.3. The summed E-state index contributed by atoms with van der Waals surface area (Å²) in [5, 5.41) is 4.57. The van der Waals surface area contributed by atoms with Crippen LogP contribution in [0.15, 0.2) is 79.9 Å². The smallest absolute Gasteiger partial charge is 0.345 e. The van der Waals surface area contributed by atoms with E-state index in [0.717, 1.165) is 0 Å². The standard InChI is InChI=1S/C19H17N3O5S/c1-13(16-11-14-7-5-6-10-17(14)27-19(16)24)21-22-18(23)12-20-28(25,26)15-8-3-2-4-9-15/h2-11,20H,12H2,1H3,(H,22,23)/b21-13-. The highest BCUT2D eigenvalue weighted by Gasteiger charge is 2.15. The fourth-order valence-corrected chi connectivity index (χ4v) is 3.41. The number of hydrogen-bond donors (Lipinski definition) is 2. The van der Waals surface area contributed by atoms with Crippen molar-refractivity contribution >= 4 is 32.6 Å². The van der Waals surface area contributed by atoms with Crippen LogP contribution in [0.5, 0.6) is 0 Å². The van der Waals surface area contributed by atoms with Gasteiger partial charge in [0.2, 0.25) is 10.0 Å². The molecule has 0 fully saturated rings. The van der Waals surface area contributed by atoms with Crippen LogP contribution in [0.2, 0.25) is 0 Å². The van der Waals surface area contributed by atoms with E-state index in [4.69, 9.17) is 4.42 Å². The molecule has 1 heterocycles. The van der Waals surface area contributed by atoms with E-state index in [0.29, 0.717) is 11.0 Å². The molecule has 0 saturated heterocycles. The maximum Gasteiger partial charge on any atom is 0.345 e. The first-order chi connectivity index (χ1) is 13.4. The van der Waals surface area contributed by atoms with Crippen LogP contribution in [0.1, 0.15) is 12.5 Å². The van der Waals surface area contributed by atoms with E-state index in [9.17, 15) is 18.0 Å². The van der Waals surface area contributed by atoms with Gasteiger partial charge in [-0.3, -0.25) is 4.79 Å². The Kier molecular flexibility index (Phi) is 5.67. The third-order valence-corrected chi connectivity index (χ3v) is 5.27. The highest BCUT2D eigenvalue weighted by molar-refractivity contribution is 7.89. The van der Waals surface area contributed by atoms with Crippen LogP contribution in [0.4, 0.5) is 0 Å². The largest absolute Gasteiger partial charge is 0.422 e. The first-order valence-corrected chi connectivity index (χ1v) is 9.76. The van der Waals surface area contributed by atoms with Gasteiger partial charge in [0.05, 0.1) is 22.7 Å². The molecule has 2 aromatic carbocycles. The molecule has 0 radical (unpaired) electrons. The van der Waals surface area contributed by atoms with E-state index in [1.165, 1.54) is 19.1 Å². The second-order valence-corrected chi connectivity index (χ2v) is 7.62. The lowest BCUT2D eigenvalue weighted by Crippen LogP contribution is -2.35. The summed E-state index contributed by atoms with van der Waals surface area (Å²) in [7, 11) is -3.80. The molecule has 0 atom stereocenters. The lowest BCUT2D eigenvalue weighted by Gasteiger charge is -2.06. The number of rotatable bonds is 6. The molecule has 144 valence electrons. The molecule has 0 unspecified atom stereocenters. The summed E-state index contributed by atoms with van der Waals surface area (Å²) < 4.78 is 31.6. The Morgan fingerprint density at radius 3 is 2.50 bits per heavy atom. The summed E-state index contributed by atoms with van der Waals surface area (Å²) in [4.78, 5) is 24.0. The number of nitrogens with zero attached hydrogens (tertiary/aromatic N) is 1. The molecule has 0 saturated carbocycles. The topological polar surface area (TPSA) is 118 Å². The molecule has 3 rings (SSSR count). The van der Waals surface area contributed by atoms with Gasteiger partial charge in [0.15, 0.2) is 0 Å². The maximum absolute atomic E-state index is 12.1. The van der Waals surface area contributed by atoms with Gasteiger partial charge in [-0.15, -0.1) is 0 Å². The fourth-order valence-electron chi connectivity index (χ4n) is 2.40. The van der Waals surface area contributed by atoms with Gasteiger partial charge in [-0.05, 0) is 31.2 Å². The fraction of sp³-hybridized carbons (Fsp3) is 0.105. The highest BCUT2D eigenvalue weighted by atomic mass is 32.2. The molecule has 28 heavy (non-hydrogen) atoms. The van der Waals surface area contributed by atoms with Gasteiger partial charge >= 0.3 is 5.63 Å². The van der Waals surface area contributed by atoms with Crippen molar-refractivity contribution < 1.29 is 17.6 Å². The van der Waals surface area contributed by atoms with Gasteiger partial charge in [0.25, 0.3) is 5.91 Å². The van der Waals surface area contributed by atoms with Gasteiger partial charge in [-0.1, -0.05) is 36.4 Å². The SMILES string of the molecule is C/C(=N/NC(=O)CNS(=O)(=O)c1ccccc1)c1cc2ccccc2oc1=O. The lowest BCUT2D eigenvalue weighted by atomic mass is 10.1. The first-order valence-electron chi connectivity index (χ1n) is 8.28. The van der Waals surface area contributed by atoms with E-state index >= 15 is 0 Å². The van der Waals surface area contributed by atoms with E-state index < -0.39 is 28.1 Å². The van der Waals surface area contributed by atoms with Crippen LogP contribution in [0.3, 0.4) is 0 Å². The van der Waals surface area contributed by atoms with Crippen LogP contribution in [0.25, 0.3) is 11.0 Å². The minimum Gasteiger partial charge on any atom is -0.422 e. The molecule has 1 aromatic heterocycles. The first kappa shape index (κ1) is 19.5. The Hall–Kier alpha value is -3.30. The van der Waals surface area contributed by atoms with Gasteiger partial charge in [0, 0.05) is 5.39 Å². The minimum absolute atomic E-state index is 0.0521. The van der Waals surface area contributed by atoms with Crippen LogP contribution in [-0.2, 0) is 14.8 Å². The van der Waals surface area contributed by atoms with E-state index in [1.807, 2.05) is 0 Å². The number of amides is 1. The quantitative estimate of drug-likeness (QED) is 0.371. The van der Waals surface area contributed by atoms with Crippen molar-refractivity contribution in [2.24, 2.45) is 5.10 Å². The molecular formula is C19H17N3O5S. The van der Waals surface area contributed by atoms with E-state index in [2.05, 4.69) is 15.2 Å². The Morgan fingerprint density at radius 2 is 1.75 bits per heavy atom. The minimum atomic E-state index is -3.80. The number of benzene rings is 2. The average molecular weight is 399 g/mol. The van der Waals surface area contributed by atoms with Gasteiger partial charge in [-0.25, -0.2) is 23.4 Å². The Balaban J connectivity index is 1.67. The molecule has 8 nitrogen and oxygen atoms in total. The summed E-state index contributed by atoms with van der Waals surface area (Å²) in [6.07, 6.45) is 0. The van der Waals surface area contributed by atoms with Crippen LogP contribution in [-0.4, -0.2) is 26.6 Å². The third kappa shape index (κ3) is 4.51. The molecule has 1 amide bonds. The predicted octanol–water partition coefficient (Wildman–Crippen LogP) is 1.61. The predicted molar refractivity (Wildman–Crippen MR) is 104 cm³/mol. The number of sulfonamides is 1. The van der Waals surface area contributed by atoms with Crippen LogP contribution in [0, 0.1) is 0 Å². The third-order valence-electron chi connectivity index (χ3n) is 3.86. The molecule has 0 spiro atoms. The van der Waals surface area contributed by atoms with E-state index in [1.54, 1.807) is 48.5 Å². The molecule has 3 aromatic rings. The molecule has 0 aliphatic rings. The summed E-state index contributed by atoms with van der Waals surface area (Å²) in [5.41, 5.74) is 2.52. The molecule has 9 heteroatoms. The molecular weight excluding hydrogens is 382 g/mol. The van der Waals surface area contributed by atoms with Crippen molar-refractivity contribution in [2.75, 3.05) is 6.54 Å². The molecule has 0 aliphatic heterocycles. The van der Waals surface area contributed by atoms with Crippen LogP contribution < -0.4 is 15.8 Å². The van der Waals surface area contributed by atoms with Crippen LogP contribution >= 0.6 is 0 Å². The average Bonchev–Trinajstić information content (AvgIpc) is 2.70. The van der Waals surface area contributed by atoms with Crippen molar-refractivity contribution in [1.29, 1.82) is 0 Å². The molecule has 0 aliphatic carbocycles. The Bertz CT molecular complexity index is 1200. The maximum atomic E-state index is 12.1. The van der Waals surface area contributed by atoms with Crippen molar-refractivity contribution in [1.82, 2.24) is 10.1 Å². The number of nitrogens with one attached hydrogen (secondary N) is 2. The summed E-state index contributed by atoms with van der Waals surface area (Å²) >= 11 is 0. The number of fused-ring (bicyclic) bond motifs is 1.